The van der Waals surface area contributed by atoms with E-state index in [9.17, 15) is 4.79 Å². The van der Waals surface area contributed by atoms with E-state index < -0.39 is 0 Å². The number of thiocarbonyl (C=S) groups is 1. The molecule has 0 fully saturated rings. The summed E-state index contributed by atoms with van der Waals surface area (Å²) >= 11 is 5.23. The Morgan fingerprint density at radius 3 is 2.52 bits per heavy atom. The second-order valence-electron chi connectivity index (χ2n) is 4.90. The van der Waals surface area contributed by atoms with E-state index >= 15 is 0 Å². The van der Waals surface area contributed by atoms with Crippen LogP contribution in [-0.4, -0.2) is 31.8 Å². The number of benzene rings is 2. The van der Waals surface area contributed by atoms with Crippen molar-refractivity contribution < 1.29 is 19.0 Å². The number of anilines is 1. The third-order valence-electron chi connectivity index (χ3n) is 3.31. The van der Waals surface area contributed by atoms with Gasteiger partial charge >= 0.3 is 0 Å². The summed E-state index contributed by atoms with van der Waals surface area (Å²) in [4.78, 5) is 12.4. The number of carbonyl (C=O) groups is 1. The topological polar surface area (TPSA) is 68.8 Å². The summed E-state index contributed by atoms with van der Waals surface area (Å²) in [6.45, 7) is 2.32. The molecule has 0 saturated carbocycles. The minimum atomic E-state index is -0.358. The fourth-order valence-electron chi connectivity index (χ4n) is 2.17. The second-order valence-corrected chi connectivity index (χ2v) is 5.31. The minimum Gasteiger partial charge on any atom is -0.497 e. The van der Waals surface area contributed by atoms with E-state index in [-0.39, 0.29) is 11.0 Å². The Kier molecular flexibility index (Phi) is 6.59. The number of hydrogen-bond donors (Lipinski definition) is 2. The standard InChI is InChI=1S/C18H20N2O4S/c1-4-24-15-8-6-5-7-13(15)17(21)20-18(25)19-14-11-12(22-2)9-10-16(14)23-3/h5-11H,4H2,1-3H3,(H2,19,20,21,25). The molecule has 2 rings (SSSR count). The molecule has 0 aliphatic carbocycles. The number of methoxy groups -OCH3 is 2. The molecule has 7 heteroatoms. The van der Waals surface area contributed by atoms with Crippen LogP contribution in [0.25, 0.3) is 0 Å². The van der Waals surface area contributed by atoms with Gasteiger partial charge in [0.1, 0.15) is 17.2 Å². The van der Waals surface area contributed by atoms with Crippen LogP contribution in [0.3, 0.4) is 0 Å². The van der Waals surface area contributed by atoms with E-state index in [1.165, 1.54) is 0 Å². The highest BCUT2D eigenvalue weighted by atomic mass is 32.1. The maximum absolute atomic E-state index is 12.4. The van der Waals surface area contributed by atoms with Gasteiger partial charge in [-0.2, -0.15) is 0 Å². The zero-order chi connectivity index (χ0) is 18.2. The lowest BCUT2D eigenvalue weighted by Crippen LogP contribution is -2.34. The maximum atomic E-state index is 12.4. The van der Waals surface area contributed by atoms with Crippen molar-refractivity contribution in [2.24, 2.45) is 0 Å². The molecular formula is C18H20N2O4S. The van der Waals surface area contributed by atoms with E-state index in [2.05, 4.69) is 10.6 Å². The molecule has 0 atom stereocenters. The van der Waals surface area contributed by atoms with Crippen LogP contribution in [0.2, 0.25) is 0 Å². The number of ether oxygens (including phenoxy) is 3. The number of nitrogens with one attached hydrogen (secondary N) is 2. The van der Waals surface area contributed by atoms with Gasteiger partial charge in [0.05, 0.1) is 32.1 Å². The fourth-order valence-corrected chi connectivity index (χ4v) is 2.37. The van der Waals surface area contributed by atoms with Gasteiger partial charge in [0.15, 0.2) is 5.11 Å². The third-order valence-corrected chi connectivity index (χ3v) is 3.52. The average Bonchev–Trinajstić information content (AvgIpc) is 2.62. The van der Waals surface area contributed by atoms with Crippen molar-refractivity contribution in [3.63, 3.8) is 0 Å². The molecule has 2 aromatic carbocycles. The number of rotatable bonds is 6. The third kappa shape index (κ3) is 4.84. The lowest BCUT2D eigenvalue weighted by atomic mass is 10.2. The van der Waals surface area contributed by atoms with Crippen molar-refractivity contribution in [1.29, 1.82) is 0 Å². The normalized spacial score (nSPS) is 9.88. The fraction of sp³-hybridized carbons (Fsp3) is 0.222. The van der Waals surface area contributed by atoms with Crippen molar-refractivity contribution in [3.8, 4) is 17.2 Å². The van der Waals surface area contributed by atoms with Crippen molar-refractivity contribution >= 4 is 28.9 Å². The first-order chi connectivity index (χ1) is 12.1. The molecule has 0 spiro atoms. The summed E-state index contributed by atoms with van der Waals surface area (Å²) < 4.78 is 15.9. The molecular weight excluding hydrogens is 340 g/mol. The molecule has 1 amide bonds. The van der Waals surface area contributed by atoms with Crippen molar-refractivity contribution in [2.75, 3.05) is 26.1 Å². The molecule has 2 N–H and O–H groups in total. The summed E-state index contributed by atoms with van der Waals surface area (Å²) in [6.07, 6.45) is 0. The van der Waals surface area contributed by atoms with E-state index in [1.807, 2.05) is 6.92 Å². The zero-order valence-electron chi connectivity index (χ0n) is 14.3. The van der Waals surface area contributed by atoms with Crippen LogP contribution in [-0.2, 0) is 0 Å². The summed E-state index contributed by atoms with van der Waals surface area (Å²) in [5.74, 6) is 1.36. The van der Waals surface area contributed by atoms with Crippen LogP contribution < -0.4 is 24.8 Å². The molecule has 0 saturated heterocycles. The molecule has 0 radical (unpaired) electrons. The van der Waals surface area contributed by atoms with Crippen LogP contribution in [0.5, 0.6) is 17.2 Å². The molecule has 0 heterocycles. The van der Waals surface area contributed by atoms with Gasteiger partial charge < -0.3 is 19.5 Å². The molecule has 132 valence electrons. The Hall–Kier alpha value is -2.80. The molecule has 0 aliphatic rings. The smallest absolute Gasteiger partial charge is 0.261 e. The summed E-state index contributed by atoms with van der Waals surface area (Å²) in [5.41, 5.74) is 0.997. The van der Waals surface area contributed by atoms with Gasteiger partial charge in [0.2, 0.25) is 0 Å². The monoisotopic (exact) mass is 360 g/mol. The minimum absolute atomic E-state index is 0.142. The van der Waals surface area contributed by atoms with Gasteiger partial charge in [0.25, 0.3) is 5.91 Å². The highest BCUT2D eigenvalue weighted by molar-refractivity contribution is 7.80. The van der Waals surface area contributed by atoms with Gasteiger partial charge in [-0.1, -0.05) is 12.1 Å². The zero-order valence-corrected chi connectivity index (χ0v) is 15.1. The highest BCUT2D eigenvalue weighted by Crippen LogP contribution is 2.28. The highest BCUT2D eigenvalue weighted by Gasteiger charge is 2.14. The molecule has 0 bridgehead atoms. The van der Waals surface area contributed by atoms with Gasteiger partial charge in [-0.25, -0.2) is 0 Å². The maximum Gasteiger partial charge on any atom is 0.261 e. The lowest BCUT2D eigenvalue weighted by molar-refractivity contribution is 0.0974. The second kappa shape index (κ2) is 8.89. The van der Waals surface area contributed by atoms with Crippen LogP contribution in [0.1, 0.15) is 17.3 Å². The quantitative estimate of drug-likeness (QED) is 0.771. The number of para-hydroxylation sites is 1. The summed E-state index contributed by atoms with van der Waals surface area (Å²) in [7, 11) is 3.11. The van der Waals surface area contributed by atoms with E-state index in [0.717, 1.165) is 0 Å². The molecule has 0 aliphatic heterocycles. The average molecular weight is 360 g/mol. The van der Waals surface area contributed by atoms with Crippen molar-refractivity contribution in [1.82, 2.24) is 5.32 Å². The molecule has 0 aromatic heterocycles. The first-order valence-corrected chi connectivity index (χ1v) is 8.06. The largest absolute Gasteiger partial charge is 0.497 e. The van der Waals surface area contributed by atoms with Gasteiger partial charge in [-0.15, -0.1) is 0 Å². The van der Waals surface area contributed by atoms with Crippen LogP contribution in [0.4, 0.5) is 5.69 Å². The number of carbonyl (C=O) groups excluding carboxylic acids is 1. The van der Waals surface area contributed by atoms with Crippen molar-refractivity contribution in [2.45, 2.75) is 6.92 Å². The first kappa shape index (κ1) is 18.5. The molecule has 2 aromatic rings. The van der Waals surface area contributed by atoms with Crippen LogP contribution in [0.15, 0.2) is 42.5 Å². The Labute approximate surface area is 152 Å². The Bertz CT molecular complexity index is 764. The van der Waals surface area contributed by atoms with Gasteiger partial charge in [-0.3, -0.25) is 10.1 Å². The molecule has 0 unspecified atom stereocenters. The lowest BCUT2D eigenvalue weighted by Gasteiger charge is -2.15. The summed E-state index contributed by atoms with van der Waals surface area (Å²) in [6, 6.07) is 12.2. The molecule has 6 nitrogen and oxygen atoms in total. The number of amides is 1. The van der Waals surface area contributed by atoms with Crippen LogP contribution >= 0.6 is 12.2 Å². The predicted octanol–water partition coefficient (Wildman–Crippen LogP) is 3.23. The van der Waals surface area contributed by atoms with Crippen LogP contribution in [0, 0.1) is 0 Å². The summed E-state index contributed by atoms with van der Waals surface area (Å²) in [5, 5.41) is 5.72. The van der Waals surface area contributed by atoms with E-state index in [1.54, 1.807) is 56.7 Å². The van der Waals surface area contributed by atoms with Gasteiger partial charge in [-0.05, 0) is 43.4 Å². The van der Waals surface area contributed by atoms with E-state index in [4.69, 9.17) is 26.4 Å². The number of hydrogen-bond acceptors (Lipinski definition) is 5. The Morgan fingerprint density at radius 2 is 1.84 bits per heavy atom. The predicted molar refractivity (Wildman–Crippen MR) is 101 cm³/mol. The SMILES string of the molecule is CCOc1ccccc1C(=O)NC(=S)Nc1cc(OC)ccc1OC. The van der Waals surface area contributed by atoms with Gasteiger partial charge in [0, 0.05) is 6.07 Å². The van der Waals surface area contributed by atoms with E-state index in [0.29, 0.717) is 35.1 Å². The van der Waals surface area contributed by atoms with Crippen molar-refractivity contribution in [3.05, 3.63) is 48.0 Å². The first-order valence-electron chi connectivity index (χ1n) is 7.65. The molecule has 25 heavy (non-hydrogen) atoms. The Morgan fingerprint density at radius 1 is 1.08 bits per heavy atom. The Balaban J connectivity index is 2.11.